The summed E-state index contributed by atoms with van der Waals surface area (Å²) in [6, 6.07) is 0. The predicted octanol–water partition coefficient (Wildman–Crippen LogP) is 0.139. The molecule has 1 aliphatic heterocycles. The monoisotopic (exact) mass is 250 g/mol. The molecule has 0 aromatic heterocycles. The SMILES string of the molecule is CC(C)(C)C(C(=O)O)C1CS(=O)(=O)CC1O. The molecule has 0 bridgehead atoms. The van der Waals surface area contributed by atoms with Crippen LogP contribution in [0.3, 0.4) is 0 Å². The van der Waals surface area contributed by atoms with Crippen LogP contribution in [0.15, 0.2) is 0 Å². The summed E-state index contributed by atoms with van der Waals surface area (Å²) in [5.41, 5.74) is -0.572. The lowest BCUT2D eigenvalue weighted by Gasteiger charge is -2.32. The Morgan fingerprint density at radius 2 is 1.81 bits per heavy atom. The first-order valence-corrected chi connectivity index (χ1v) is 6.98. The Kier molecular flexibility index (Phi) is 3.36. The van der Waals surface area contributed by atoms with Crippen LogP contribution in [0.5, 0.6) is 0 Å². The fraction of sp³-hybridized carbons (Fsp3) is 0.900. The van der Waals surface area contributed by atoms with Crippen molar-refractivity contribution in [1.82, 2.24) is 0 Å². The van der Waals surface area contributed by atoms with Crippen molar-refractivity contribution in [3.8, 4) is 0 Å². The molecule has 0 aromatic rings. The number of carbonyl (C=O) groups is 1. The van der Waals surface area contributed by atoms with Gasteiger partial charge in [-0.2, -0.15) is 0 Å². The van der Waals surface area contributed by atoms with Gasteiger partial charge >= 0.3 is 5.97 Å². The van der Waals surface area contributed by atoms with Crippen molar-refractivity contribution in [2.45, 2.75) is 26.9 Å². The van der Waals surface area contributed by atoms with Crippen LogP contribution in [-0.2, 0) is 14.6 Å². The topological polar surface area (TPSA) is 91.7 Å². The predicted molar refractivity (Wildman–Crippen MR) is 58.7 cm³/mol. The number of aliphatic carboxylic acids is 1. The molecule has 1 rings (SSSR count). The molecule has 1 fully saturated rings. The van der Waals surface area contributed by atoms with Crippen LogP contribution < -0.4 is 0 Å². The van der Waals surface area contributed by atoms with Gasteiger partial charge in [0.1, 0.15) is 0 Å². The molecule has 16 heavy (non-hydrogen) atoms. The average molecular weight is 250 g/mol. The molecule has 0 aromatic carbocycles. The van der Waals surface area contributed by atoms with Gasteiger partial charge in [-0.25, -0.2) is 8.42 Å². The molecule has 5 nitrogen and oxygen atoms in total. The van der Waals surface area contributed by atoms with Gasteiger partial charge in [0.05, 0.1) is 23.5 Å². The number of rotatable bonds is 2. The molecule has 1 saturated heterocycles. The fourth-order valence-electron chi connectivity index (χ4n) is 2.37. The molecule has 0 amide bonds. The molecular weight excluding hydrogens is 232 g/mol. The van der Waals surface area contributed by atoms with Gasteiger partial charge in [0.2, 0.25) is 0 Å². The average Bonchev–Trinajstić information content (AvgIpc) is 2.20. The summed E-state index contributed by atoms with van der Waals surface area (Å²) in [5, 5.41) is 18.8. The standard InChI is InChI=1S/C10H18O5S/c1-10(2,3)8(9(12)13)6-4-16(14,15)5-7(6)11/h6-8,11H,4-5H2,1-3H3,(H,12,13). The molecule has 0 radical (unpaired) electrons. The number of hydrogen-bond donors (Lipinski definition) is 2. The van der Waals surface area contributed by atoms with E-state index in [1.165, 1.54) is 0 Å². The first-order chi connectivity index (χ1) is 7.04. The second-order valence-electron chi connectivity index (χ2n) is 5.49. The maximum absolute atomic E-state index is 11.4. The van der Waals surface area contributed by atoms with E-state index in [1.54, 1.807) is 20.8 Å². The molecule has 1 heterocycles. The molecule has 3 atom stereocenters. The molecule has 2 N–H and O–H groups in total. The van der Waals surface area contributed by atoms with Crippen LogP contribution in [-0.4, -0.2) is 42.2 Å². The van der Waals surface area contributed by atoms with Gasteiger partial charge in [-0.15, -0.1) is 0 Å². The minimum atomic E-state index is -3.30. The third-order valence-corrected chi connectivity index (χ3v) is 4.73. The van der Waals surface area contributed by atoms with Gasteiger partial charge in [0.15, 0.2) is 9.84 Å². The highest BCUT2D eigenvalue weighted by molar-refractivity contribution is 7.91. The number of hydrogen-bond acceptors (Lipinski definition) is 4. The van der Waals surface area contributed by atoms with E-state index in [9.17, 15) is 18.3 Å². The number of aliphatic hydroxyl groups excluding tert-OH is 1. The summed E-state index contributed by atoms with van der Waals surface area (Å²) in [6.45, 7) is 5.22. The number of carboxylic acid groups (broad SMARTS) is 1. The quantitative estimate of drug-likeness (QED) is 0.727. The van der Waals surface area contributed by atoms with Crippen LogP contribution in [0, 0.1) is 17.3 Å². The Morgan fingerprint density at radius 1 is 1.31 bits per heavy atom. The molecule has 6 heteroatoms. The van der Waals surface area contributed by atoms with E-state index in [-0.39, 0.29) is 11.5 Å². The molecular formula is C10H18O5S. The van der Waals surface area contributed by atoms with Gasteiger partial charge in [-0.05, 0) is 5.41 Å². The summed E-state index contributed by atoms with van der Waals surface area (Å²) in [4.78, 5) is 11.2. The molecule has 0 spiro atoms. The van der Waals surface area contributed by atoms with Gasteiger partial charge in [-0.3, -0.25) is 4.79 Å². The Morgan fingerprint density at radius 3 is 2.06 bits per heavy atom. The Bertz CT molecular complexity index is 379. The van der Waals surface area contributed by atoms with Gasteiger partial charge in [0, 0.05) is 5.92 Å². The maximum atomic E-state index is 11.4. The third-order valence-electron chi connectivity index (χ3n) is 2.99. The van der Waals surface area contributed by atoms with Crippen molar-refractivity contribution in [2.75, 3.05) is 11.5 Å². The van der Waals surface area contributed by atoms with Crippen LogP contribution in [0.25, 0.3) is 0 Å². The van der Waals surface area contributed by atoms with E-state index in [1.807, 2.05) is 0 Å². The van der Waals surface area contributed by atoms with Crippen LogP contribution in [0.1, 0.15) is 20.8 Å². The van der Waals surface area contributed by atoms with Crippen LogP contribution in [0.2, 0.25) is 0 Å². The van der Waals surface area contributed by atoms with E-state index >= 15 is 0 Å². The molecule has 3 unspecified atom stereocenters. The van der Waals surface area contributed by atoms with E-state index in [4.69, 9.17) is 5.11 Å². The molecule has 0 saturated carbocycles. The van der Waals surface area contributed by atoms with Crippen molar-refractivity contribution in [3.05, 3.63) is 0 Å². The highest BCUT2D eigenvalue weighted by Crippen LogP contribution is 2.38. The second kappa shape index (κ2) is 4.00. The van der Waals surface area contributed by atoms with Gasteiger partial charge in [0.25, 0.3) is 0 Å². The normalized spacial score (nSPS) is 31.2. The van der Waals surface area contributed by atoms with Crippen LogP contribution >= 0.6 is 0 Å². The van der Waals surface area contributed by atoms with E-state index in [0.29, 0.717) is 0 Å². The van der Waals surface area contributed by atoms with E-state index in [0.717, 1.165) is 0 Å². The fourth-order valence-corrected chi connectivity index (χ4v) is 4.27. The van der Waals surface area contributed by atoms with Crippen molar-refractivity contribution in [2.24, 2.45) is 17.3 Å². The van der Waals surface area contributed by atoms with Crippen molar-refractivity contribution >= 4 is 15.8 Å². The summed E-state index contributed by atoms with van der Waals surface area (Å²) in [7, 11) is -3.30. The van der Waals surface area contributed by atoms with Gasteiger partial charge < -0.3 is 10.2 Å². The lowest BCUT2D eigenvalue weighted by atomic mass is 9.72. The zero-order valence-corrected chi connectivity index (χ0v) is 10.5. The third kappa shape index (κ3) is 2.74. The van der Waals surface area contributed by atoms with Crippen molar-refractivity contribution < 1.29 is 23.4 Å². The number of aliphatic hydroxyl groups is 1. The van der Waals surface area contributed by atoms with E-state index < -0.39 is 39.2 Å². The summed E-state index contributed by atoms with van der Waals surface area (Å²) in [6.07, 6.45) is -1.06. The minimum absolute atomic E-state index is 0.234. The number of sulfone groups is 1. The minimum Gasteiger partial charge on any atom is -0.481 e. The molecule has 1 aliphatic rings. The molecule has 0 aliphatic carbocycles. The lowest BCUT2D eigenvalue weighted by Crippen LogP contribution is -2.40. The zero-order chi connectivity index (χ0) is 12.7. The smallest absolute Gasteiger partial charge is 0.307 e. The first-order valence-electron chi connectivity index (χ1n) is 5.16. The zero-order valence-electron chi connectivity index (χ0n) is 9.67. The largest absolute Gasteiger partial charge is 0.481 e. The summed E-state index contributed by atoms with van der Waals surface area (Å²) in [5.74, 6) is -3.16. The first kappa shape index (κ1) is 13.4. The number of carboxylic acids is 1. The summed E-state index contributed by atoms with van der Waals surface area (Å²) >= 11 is 0. The van der Waals surface area contributed by atoms with Gasteiger partial charge in [-0.1, -0.05) is 20.8 Å². The second-order valence-corrected chi connectivity index (χ2v) is 7.64. The highest BCUT2D eigenvalue weighted by Gasteiger charge is 2.48. The Labute approximate surface area is 95.4 Å². The van der Waals surface area contributed by atoms with Crippen LogP contribution in [0.4, 0.5) is 0 Å². The summed E-state index contributed by atoms with van der Waals surface area (Å²) < 4.78 is 22.7. The molecule has 94 valence electrons. The van der Waals surface area contributed by atoms with Crippen molar-refractivity contribution in [3.63, 3.8) is 0 Å². The Hall–Kier alpha value is -0.620. The van der Waals surface area contributed by atoms with Crippen molar-refractivity contribution in [1.29, 1.82) is 0 Å². The van der Waals surface area contributed by atoms with E-state index in [2.05, 4.69) is 0 Å². The maximum Gasteiger partial charge on any atom is 0.307 e. The highest BCUT2D eigenvalue weighted by atomic mass is 32.2. The lowest BCUT2D eigenvalue weighted by molar-refractivity contribution is -0.149. The Balaban J connectivity index is 3.03.